The fourth-order valence-corrected chi connectivity index (χ4v) is 5.40. The van der Waals surface area contributed by atoms with Gasteiger partial charge >= 0.3 is 5.97 Å². The monoisotopic (exact) mass is 430 g/mol. The number of benzene rings is 1. The van der Waals surface area contributed by atoms with Crippen molar-refractivity contribution < 1.29 is 33.3 Å². The fraction of sp³-hybridized carbons (Fsp3) is 0.583. The first kappa shape index (κ1) is 21.8. The summed E-state index contributed by atoms with van der Waals surface area (Å²) in [5.74, 6) is 0.413. The number of carbonyl (C=O) groups is 2. The van der Waals surface area contributed by atoms with E-state index in [1.807, 2.05) is 18.2 Å². The predicted molar refractivity (Wildman–Crippen MR) is 112 cm³/mol. The molecule has 0 aromatic heterocycles. The second kappa shape index (κ2) is 7.95. The highest BCUT2D eigenvalue weighted by atomic mass is 16.7. The van der Waals surface area contributed by atoms with Gasteiger partial charge in [0.2, 0.25) is 0 Å². The first-order valence-electron chi connectivity index (χ1n) is 10.7. The molecule has 0 N–H and O–H groups in total. The quantitative estimate of drug-likeness (QED) is 0.529. The van der Waals surface area contributed by atoms with Crippen LogP contribution in [0.2, 0.25) is 0 Å². The summed E-state index contributed by atoms with van der Waals surface area (Å²) in [6.07, 6.45) is 2.45. The normalized spacial score (nSPS) is 29.6. The van der Waals surface area contributed by atoms with Crippen molar-refractivity contribution in [2.45, 2.75) is 63.9 Å². The van der Waals surface area contributed by atoms with Crippen LogP contribution in [0.1, 0.15) is 57.8 Å². The zero-order valence-corrected chi connectivity index (χ0v) is 18.8. The van der Waals surface area contributed by atoms with Crippen molar-refractivity contribution in [1.29, 1.82) is 0 Å². The maximum atomic E-state index is 13.2. The second-order valence-corrected chi connectivity index (χ2v) is 8.89. The molecule has 7 heteroatoms. The number of ether oxygens (including phenoxy) is 5. The fourth-order valence-electron chi connectivity index (χ4n) is 5.40. The Kier molecular flexibility index (Phi) is 5.60. The molecule has 0 amide bonds. The van der Waals surface area contributed by atoms with E-state index in [1.165, 1.54) is 7.11 Å². The summed E-state index contributed by atoms with van der Waals surface area (Å²) in [6.45, 7) is 4.10. The Labute approximate surface area is 182 Å². The SMILES string of the molecule is COC(=O)C1=C2CCCC[C@@H]3O[C@H](c4ccc(OC)c(OC)c4)O[C@@]3(CC1=O)C2(C)C. The number of fused-ring (bicyclic) bond motifs is 1. The van der Waals surface area contributed by atoms with Crippen LogP contribution in [0.15, 0.2) is 29.3 Å². The van der Waals surface area contributed by atoms with E-state index >= 15 is 0 Å². The van der Waals surface area contributed by atoms with E-state index < -0.39 is 23.3 Å². The number of esters is 1. The van der Waals surface area contributed by atoms with E-state index in [4.69, 9.17) is 23.7 Å². The zero-order chi connectivity index (χ0) is 22.4. The van der Waals surface area contributed by atoms with E-state index in [2.05, 4.69) is 13.8 Å². The van der Waals surface area contributed by atoms with Crippen LogP contribution >= 0.6 is 0 Å². The summed E-state index contributed by atoms with van der Waals surface area (Å²) < 4.78 is 28.8. The molecule has 2 fully saturated rings. The summed E-state index contributed by atoms with van der Waals surface area (Å²) >= 11 is 0. The van der Waals surface area contributed by atoms with Gasteiger partial charge in [-0.15, -0.1) is 0 Å². The van der Waals surface area contributed by atoms with E-state index in [0.29, 0.717) is 17.9 Å². The minimum Gasteiger partial charge on any atom is -0.493 e. The number of methoxy groups -OCH3 is 3. The summed E-state index contributed by atoms with van der Waals surface area (Å²) in [5, 5.41) is 0. The van der Waals surface area contributed by atoms with E-state index in [1.54, 1.807) is 14.2 Å². The highest BCUT2D eigenvalue weighted by molar-refractivity contribution is 6.19. The lowest BCUT2D eigenvalue weighted by Crippen LogP contribution is -2.58. The summed E-state index contributed by atoms with van der Waals surface area (Å²) in [5.41, 5.74) is 0.385. The Hall–Kier alpha value is -2.38. The van der Waals surface area contributed by atoms with Crippen molar-refractivity contribution in [3.8, 4) is 11.5 Å². The van der Waals surface area contributed by atoms with Crippen molar-refractivity contribution >= 4 is 11.8 Å². The van der Waals surface area contributed by atoms with Gasteiger partial charge in [-0.05, 0) is 37.0 Å². The van der Waals surface area contributed by atoms with Crippen molar-refractivity contribution in [1.82, 2.24) is 0 Å². The topological polar surface area (TPSA) is 80.3 Å². The van der Waals surface area contributed by atoms with Gasteiger partial charge in [0.25, 0.3) is 0 Å². The molecule has 1 saturated carbocycles. The second-order valence-electron chi connectivity index (χ2n) is 8.89. The molecular formula is C24H30O7. The number of Topliss-reactive ketones (excluding diaryl/α,β-unsaturated/α-hetero) is 1. The van der Waals surface area contributed by atoms with Gasteiger partial charge in [-0.2, -0.15) is 0 Å². The lowest BCUT2D eigenvalue weighted by atomic mass is 9.57. The summed E-state index contributed by atoms with van der Waals surface area (Å²) in [4.78, 5) is 25.7. The van der Waals surface area contributed by atoms with Crippen LogP contribution in [0.25, 0.3) is 0 Å². The average Bonchev–Trinajstić information content (AvgIpc) is 3.12. The molecule has 3 atom stereocenters. The molecule has 1 aliphatic heterocycles. The van der Waals surface area contributed by atoms with Gasteiger partial charge in [0.05, 0.1) is 27.4 Å². The molecule has 2 bridgehead atoms. The molecule has 2 aliphatic carbocycles. The molecule has 31 heavy (non-hydrogen) atoms. The van der Waals surface area contributed by atoms with Gasteiger partial charge < -0.3 is 23.7 Å². The summed E-state index contributed by atoms with van der Waals surface area (Å²) in [7, 11) is 4.48. The van der Waals surface area contributed by atoms with Crippen molar-refractivity contribution in [2.75, 3.05) is 21.3 Å². The molecule has 4 rings (SSSR count). The molecule has 1 saturated heterocycles. The number of hydrogen-bond acceptors (Lipinski definition) is 7. The minimum atomic E-state index is -0.852. The molecule has 0 unspecified atom stereocenters. The Morgan fingerprint density at radius 2 is 1.84 bits per heavy atom. The van der Waals surface area contributed by atoms with Gasteiger partial charge in [0, 0.05) is 17.4 Å². The van der Waals surface area contributed by atoms with Crippen molar-refractivity contribution in [3.05, 3.63) is 34.9 Å². The Balaban J connectivity index is 1.78. The highest BCUT2D eigenvalue weighted by Crippen LogP contribution is 2.59. The van der Waals surface area contributed by atoms with Crippen LogP contribution in [-0.4, -0.2) is 44.8 Å². The molecule has 0 radical (unpaired) electrons. The molecule has 1 spiro atoms. The lowest BCUT2D eigenvalue weighted by molar-refractivity contribution is -0.152. The van der Waals surface area contributed by atoms with Crippen LogP contribution in [0, 0.1) is 5.41 Å². The molecule has 7 nitrogen and oxygen atoms in total. The Bertz CT molecular complexity index is 932. The zero-order valence-electron chi connectivity index (χ0n) is 18.8. The molecule has 168 valence electrons. The van der Waals surface area contributed by atoms with Gasteiger partial charge in [-0.25, -0.2) is 4.79 Å². The molecular weight excluding hydrogens is 400 g/mol. The van der Waals surface area contributed by atoms with Crippen LogP contribution in [0.3, 0.4) is 0 Å². The van der Waals surface area contributed by atoms with Crippen LogP contribution < -0.4 is 9.47 Å². The largest absolute Gasteiger partial charge is 0.493 e. The number of hydrogen-bond donors (Lipinski definition) is 0. The van der Waals surface area contributed by atoms with Gasteiger partial charge in [-0.3, -0.25) is 4.79 Å². The molecule has 1 heterocycles. The first-order chi connectivity index (χ1) is 14.8. The van der Waals surface area contributed by atoms with Crippen LogP contribution in [0.4, 0.5) is 0 Å². The third kappa shape index (κ3) is 3.26. The van der Waals surface area contributed by atoms with Crippen molar-refractivity contribution in [2.24, 2.45) is 5.41 Å². The van der Waals surface area contributed by atoms with E-state index in [0.717, 1.165) is 30.4 Å². The standard InChI is InChI=1S/C24H30O7/c1-23(2)15-8-6-7-9-19-24(23,13-16(25)20(15)21(26)29-5)31-22(30-19)14-10-11-17(27-3)18(12-14)28-4/h10-12,19,22H,6-9,13H2,1-5H3/t19-,22-,24+/m0/s1. The molecule has 1 aromatic rings. The van der Waals surface area contributed by atoms with Crippen LogP contribution in [-0.2, 0) is 23.8 Å². The molecule has 1 aromatic carbocycles. The molecule has 3 aliphatic rings. The number of rotatable bonds is 4. The maximum absolute atomic E-state index is 13.2. The van der Waals surface area contributed by atoms with Crippen LogP contribution in [0.5, 0.6) is 11.5 Å². The summed E-state index contributed by atoms with van der Waals surface area (Å²) in [6, 6.07) is 5.54. The van der Waals surface area contributed by atoms with Gasteiger partial charge in [0.15, 0.2) is 23.6 Å². The Morgan fingerprint density at radius 1 is 1.10 bits per heavy atom. The third-order valence-electron chi connectivity index (χ3n) is 7.15. The van der Waals surface area contributed by atoms with Crippen molar-refractivity contribution in [3.63, 3.8) is 0 Å². The van der Waals surface area contributed by atoms with E-state index in [-0.39, 0.29) is 23.9 Å². The first-order valence-corrected chi connectivity index (χ1v) is 10.7. The third-order valence-corrected chi connectivity index (χ3v) is 7.15. The maximum Gasteiger partial charge on any atom is 0.341 e. The average molecular weight is 430 g/mol. The van der Waals surface area contributed by atoms with E-state index in [9.17, 15) is 9.59 Å². The smallest absolute Gasteiger partial charge is 0.341 e. The van der Waals surface area contributed by atoms with Gasteiger partial charge in [-0.1, -0.05) is 26.3 Å². The van der Waals surface area contributed by atoms with Gasteiger partial charge in [0.1, 0.15) is 11.2 Å². The predicted octanol–water partition coefficient (Wildman–Crippen LogP) is 3.90. The number of carbonyl (C=O) groups excluding carboxylic acids is 2. The Morgan fingerprint density at radius 3 is 2.52 bits per heavy atom. The lowest BCUT2D eigenvalue weighted by Gasteiger charge is -2.51. The number of ketones is 1. The minimum absolute atomic E-state index is 0.0857. The highest BCUT2D eigenvalue weighted by Gasteiger charge is 2.64.